The lowest BCUT2D eigenvalue weighted by atomic mass is 9.84. The van der Waals surface area contributed by atoms with Crippen LogP contribution in [0.4, 0.5) is 0 Å². The Bertz CT molecular complexity index is 719. The fraction of sp³-hybridized carbons (Fsp3) is 0.500. The summed E-state index contributed by atoms with van der Waals surface area (Å²) in [6, 6.07) is 4.99. The molecule has 134 valence electrons. The molecule has 2 aliphatic heterocycles. The Labute approximate surface area is 151 Å². The van der Waals surface area contributed by atoms with Gasteiger partial charge >= 0.3 is 5.97 Å². The van der Waals surface area contributed by atoms with E-state index in [1.807, 2.05) is 0 Å². The van der Waals surface area contributed by atoms with Gasteiger partial charge in [-0.25, -0.2) is 0 Å². The monoisotopic (exact) mass is 365 g/mol. The molecule has 2 heterocycles. The highest BCUT2D eigenvalue weighted by Crippen LogP contribution is 2.40. The molecular weight excluding hydrogens is 346 g/mol. The van der Waals surface area contributed by atoms with E-state index in [0.29, 0.717) is 35.7 Å². The first-order valence-corrected chi connectivity index (χ1v) is 8.75. The van der Waals surface area contributed by atoms with E-state index in [0.717, 1.165) is 0 Å². The molecule has 6 nitrogen and oxygen atoms in total. The van der Waals surface area contributed by atoms with Crippen LogP contribution in [-0.2, 0) is 14.3 Å². The number of likely N-dealkylation sites (tertiary alicyclic amines) is 1. The van der Waals surface area contributed by atoms with Gasteiger partial charge in [0.25, 0.3) is 0 Å². The van der Waals surface area contributed by atoms with Crippen molar-refractivity contribution in [2.75, 3.05) is 19.7 Å². The molecule has 0 aromatic heterocycles. The van der Waals surface area contributed by atoms with E-state index < -0.39 is 11.6 Å². The molecule has 0 saturated carbocycles. The topological polar surface area (TPSA) is 72.9 Å². The van der Waals surface area contributed by atoms with Crippen LogP contribution >= 0.6 is 11.6 Å². The Kier molecular flexibility index (Phi) is 4.99. The van der Waals surface area contributed by atoms with Crippen molar-refractivity contribution in [1.82, 2.24) is 4.90 Å². The number of Topliss-reactive ketones (excluding diaryl/α,β-unsaturated/α-hetero) is 1. The maximum absolute atomic E-state index is 12.5. The summed E-state index contributed by atoms with van der Waals surface area (Å²) in [5, 5.41) is 0.489. The van der Waals surface area contributed by atoms with Gasteiger partial charge in [0.05, 0.1) is 18.6 Å². The molecule has 25 heavy (non-hydrogen) atoms. The predicted octanol–water partition coefficient (Wildman–Crippen LogP) is 2.62. The SMILES string of the molecule is CCOC(=O)CN1CCC2(CCC1=O)CC(=O)c1cc(Cl)ccc1O2. The Hall–Kier alpha value is -2.08. The number of ether oxygens (including phenoxy) is 2. The number of hydrogen-bond donors (Lipinski definition) is 0. The molecule has 1 fully saturated rings. The van der Waals surface area contributed by atoms with Crippen LogP contribution in [0, 0.1) is 0 Å². The number of benzene rings is 1. The molecule has 7 heteroatoms. The summed E-state index contributed by atoms with van der Waals surface area (Å²) in [6.45, 7) is 2.29. The lowest BCUT2D eigenvalue weighted by molar-refractivity contribution is -0.148. The molecule has 1 unspecified atom stereocenters. The van der Waals surface area contributed by atoms with Gasteiger partial charge in [-0.05, 0) is 31.5 Å². The van der Waals surface area contributed by atoms with E-state index in [1.165, 1.54) is 4.90 Å². The van der Waals surface area contributed by atoms with Crippen molar-refractivity contribution in [2.45, 2.75) is 38.2 Å². The van der Waals surface area contributed by atoms with E-state index >= 15 is 0 Å². The van der Waals surface area contributed by atoms with Crippen molar-refractivity contribution in [3.05, 3.63) is 28.8 Å². The van der Waals surface area contributed by atoms with E-state index in [1.54, 1.807) is 25.1 Å². The van der Waals surface area contributed by atoms with Crippen LogP contribution in [-0.4, -0.2) is 47.9 Å². The van der Waals surface area contributed by atoms with Gasteiger partial charge in [-0.15, -0.1) is 0 Å². The summed E-state index contributed by atoms with van der Waals surface area (Å²) in [5.41, 5.74) is -0.228. The van der Waals surface area contributed by atoms with Crippen LogP contribution < -0.4 is 4.74 Å². The second kappa shape index (κ2) is 7.04. The largest absolute Gasteiger partial charge is 0.486 e. The van der Waals surface area contributed by atoms with Crippen LogP contribution in [0.15, 0.2) is 18.2 Å². The van der Waals surface area contributed by atoms with E-state index in [9.17, 15) is 14.4 Å². The van der Waals surface area contributed by atoms with Gasteiger partial charge < -0.3 is 14.4 Å². The normalized spacial score (nSPS) is 23.0. The van der Waals surface area contributed by atoms with E-state index in [4.69, 9.17) is 21.1 Å². The Morgan fingerprint density at radius 3 is 2.92 bits per heavy atom. The number of rotatable bonds is 3. The number of ketones is 1. The van der Waals surface area contributed by atoms with Gasteiger partial charge in [0.15, 0.2) is 5.78 Å². The summed E-state index contributed by atoms with van der Waals surface area (Å²) in [5.74, 6) is -0.0720. The molecule has 1 aromatic rings. The third-order valence-electron chi connectivity index (χ3n) is 4.66. The maximum atomic E-state index is 12.5. The van der Waals surface area contributed by atoms with Crippen LogP contribution in [0.2, 0.25) is 5.02 Å². The minimum atomic E-state index is -0.711. The molecule has 1 aromatic carbocycles. The number of carbonyl (C=O) groups excluding carboxylic acids is 3. The first-order valence-electron chi connectivity index (χ1n) is 8.37. The smallest absolute Gasteiger partial charge is 0.325 e. The van der Waals surface area contributed by atoms with Crippen molar-refractivity contribution in [3.8, 4) is 5.75 Å². The number of carbonyl (C=O) groups is 3. The van der Waals surface area contributed by atoms with Crippen LogP contribution in [0.1, 0.15) is 43.0 Å². The summed E-state index contributed by atoms with van der Waals surface area (Å²) in [4.78, 5) is 38.0. The van der Waals surface area contributed by atoms with Gasteiger partial charge in [0.2, 0.25) is 5.91 Å². The standard InChI is InChI=1S/C18H20ClNO5/c1-2-24-17(23)11-20-8-7-18(6-5-16(20)22)10-14(21)13-9-12(19)3-4-15(13)25-18/h3-4,9H,2,5-8,10-11H2,1H3. The molecule has 0 radical (unpaired) electrons. The molecule has 0 N–H and O–H groups in total. The number of esters is 1. The molecule has 1 saturated heterocycles. The van der Waals surface area contributed by atoms with Gasteiger partial charge in [-0.2, -0.15) is 0 Å². The summed E-state index contributed by atoms with van der Waals surface area (Å²) < 4.78 is 11.1. The first kappa shape index (κ1) is 17.7. The second-order valence-corrected chi connectivity index (χ2v) is 6.83. The quantitative estimate of drug-likeness (QED) is 0.770. The fourth-order valence-corrected chi connectivity index (χ4v) is 3.53. The highest BCUT2D eigenvalue weighted by Gasteiger charge is 2.43. The zero-order chi connectivity index (χ0) is 18.0. The highest BCUT2D eigenvalue weighted by molar-refractivity contribution is 6.31. The predicted molar refractivity (Wildman–Crippen MR) is 90.8 cm³/mol. The number of halogens is 1. The Morgan fingerprint density at radius 1 is 1.36 bits per heavy atom. The van der Waals surface area contributed by atoms with Gasteiger partial charge in [-0.1, -0.05) is 11.6 Å². The molecule has 3 rings (SSSR count). The summed E-state index contributed by atoms with van der Waals surface area (Å²) >= 11 is 5.95. The average Bonchev–Trinajstić information content (AvgIpc) is 2.70. The number of fused-ring (bicyclic) bond motifs is 1. The van der Waals surface area contributed by atoms with Gasteiger partial charge in [-0.3, -0.25) is 14.4 Å². The average molecular weight is 366 g/mol. The van der Waals surface area contributed by atoms with E-state index in [2.05, 4.69) is 0 Å². The third-order valence-corrected chi connectivity index (χ3v) is 4.90. The van der Waals surface area contributed by atoms with Gasteiger partial charge in [0, 0.05) is 24.4 Å². The molecule has 2 aliphatic rings. The third kappa shape index (κ3) is 3.79. The Balaban J connectivity index is 1.76. The number of nitrogens with zero attached hydrogens (tertiary/aromatic N) is 1. The van der Waals surface area contributed by atoms with Crippen LogP contribution in [0.25, 0.3) is 0 Å². The lowest BCUT2D eigenvalue weighted by Crippen LogP contribution is -2.43. The molecule has 1 amide bonds. The Morgan fingerprint density at radius 2 is 2.16 bits per heavy atom. The molecule has 0 bridgehead atoms. The fourth-order valence-electron chi connectivity index (χ4n) is 3.36. The highest BCUT2D eigenvalue weighted by atomic mass is 35.5. The van der Waals surface area contributed by atoms with Crippen molar-refractivity contribution >= 4 is 29.3 Å². The zero-order valence-electron chi connectivity index (χ0n) is 14.0. The summed E-state index contributed by atoms with van der Waals surface area (Å²) in [6.07, 6.45) is 1.38. The molecular formula is C18H20ClNO5. The van der Waals surface area contributed by atoms with E-state index in [-0.39, 0.29) is 37.7 Å². The lowest BCUT2D eigenvalue weighted by Gasteiger charge is -2.37. The van der Waals surface area contributed by atoms with Crippen molar-refractivity contribution < 1.29 is 23.9 Å². The van der Waals surface area contributed by atoms with Gasteiger partial charge in [0.1, 0.15) is 17.9 Å². The van der Waals surface area contributed by atoms with Crippen molar-refractivity contribution in [2.24, 2.45) is 0 Å². The van der Waals surface area contributed by atoms with Crippen LogP contribution in [0.5, 0.6) is 5.75 Å². The van der Waals surface area contributed by atoms with Crippen molar-refractivity contribution in [1.29, 1.82) is 0 Å². The second-order valence-electron chi connectivity index (χ2n) is 6.40. The molecule has 1 spiro atoms. The number of amides is 1. The maximum Gasteiger partial charge on any atom is 0.325 e. The molecule has 0 aliphatic carbocycles. The van der Waals surface area contributed by atoms with Crippen LogP contribution in [0.3, 0.4) is 0 Å². The van der Waals surface area contributed by atoms with Crippen molar-refractivity contribution in [3.63, 3.8) is 0 Å². The number of hydrogen-bond acceptors (Lipinski definition) is 5. The molecule has 1 atom stereocenters. The summed E-state index contributed by atoms with van der Waals surface area (Å²) in [7, 11) is 0. The minimum absolute atomic E-state index is 0.0324. The minimum Gasteiger partial charge on any atom is -0.486 e. The zero-order valence-corrected chi connectivity index (χ0v) is 14.8. The first-order chi connectivity index (χ1) is 11.9.